The monoisotopic (exact) mass is 289 g/mol. The van der Waals surface area contributed by atoms with Crippen LogP contribution in [0.1, 0.15) is 26.7 Å². The van der Waals surface area contributed by atoms with Gasteiger partial charge in [0.2, 0.25) is 0 Å². The maximum atomic E-state index is 11.6. The molecule has 0 aromatic heterocycles. The van der Waals surface area contributed by atoms with E-state index in [2.05, 4.69) is 16.9 Å². The summed E-state index contributed by atoms with van der Waals surface area (Å²) in [6.07, 6.45) is 5.09. The Bertz CT molecular complexity index is 414. The van der Waals surface area contributed by atoms with Gasteiger partial charge in [0.1, 0.15) is 0 Å². The van der Waals surface area contributed by atoms with E-state index in [-0.39, 0.29) is 0 Å². The normalized spacial score (nSPS) is 13.2. The predicted molar refractivity (Wildman–Crippen MR) is 82.3 cm³/mol. The van der Waals surface area contributed by atoms with Crippen molar-refractivity contribution in [1.82, 2.24) is 10.2 Å². The third kappa shape index (κ3) is 6.09. The second-order valence-corrected chi connectivity index (χ2v) is 7.93. The molecule has 0 saturated carbocycles. The molecular formula is C13H27N3O2S. The average Bonchev–Trinajstić information content (AvgIpc) is 2.28. The van der Waals surface area contributed by atoms with Gasteiger partial charge in [-0.15, -0.1) is 6.58 Å². The first-order valence-electron chi connectivity index (χ1n) is 6.38. The molecular weight excluding hydrogens is 262 g/mol. The Kier molecular flexibility index (Phi) is 7.11. The molecule has 5 nitrogen and oxygen atoms in total. The van der Waals surface area contributed by atoms with Crippen molar-refractivity contribution in [2.24, 2.45) is 4.99 Å². The maximum Gasteiger partial charge on any atom is 0.193 e. The number of nitrogens with zero attached hydrogens (tertiary/aromatic N) is 2. The number of hydrogen-bond donors (Lipinski definition) is 1. The summed E-state index contributed by atoms with van der Waals surface area (Å²) in [5, 5.41) is 3.11. The number of sulfone groups is 1. The molecule has 0 atom stereocenters. The van der Waals surface area contributed by atoms with Gasteiger partial charge in [-0.1, -0.05) is 6.08 Å². The van der Waals surface area contributed by atoms with E-state index >= 15 is 0 Å². The quantitative estimate of drug-likeness (QED) is 0.332. The van der Waals surface area contributed by atoms with Gasteiger partial charge in [-0.05, 0) is 26.7 Å². The highest BCUT2D eigenvalue weighted by atomic mass is 32.2. The molecule has 0 aromatic carbocycles. The van der Waals surface area contributed by atoms with Gasteiger partial charge < -0.3 is 10.2 Å². The smallest absolute Gasteiger partial charge is 0.193 e. The van der Waals surface area contributed by atoms with Crippen LogP contribution in [-0.4, -0.2) is 57.5 Å². The zero-order valence-electron chi connectivity index (χ0n) is 12.7. The van der Waals surface area contributed by atoms with E-state index in [1.165, 1.54) is 6.26 Å². The van der Waals surface area contributed by atoms with Crippen LogP contribution in [0.3, 0.4) is 0 Å². The molecule has 0 heterocycles. The summed E-state index contributed by atoms with van der Waals surface area (Å²) in [5.74, 6) is 0.709. The van der Waals surface area contributed by atoms with Crippen LogP contribution in [0.5, 0.6) is 0 Å². The molecule has 0 unspecified atom stereocenters. The highest BCUT2D eigenvalue weighted by Crippen LogP contribution is 2.13. The first-order valence-corrected chi connectivity index (χ1v) is 8.27. The topological polar surface area (TPSA) is 61.8 Å². The fourth-order valence-electron chi connectivity index (χ4n) is 1.39. The number of aliphatic imine (C=N–C) groups is 1. The SMILES string of the molecule is C=CCCCN(C)C(=NC)NCC(C)(C)S(C)(=O)=O. The highest BCUT2D eigenvalue weighted by Gasteiger charge is 2.30. The van der Waals surface area contributed by atoms with Crippen molar-refractivity contribution in [2.75, 3.05) is 33.4 Å². The maximum absolute atomic E-state index is 11.6. The Morgan fingerprint density at radius 2 is 2.05 bits per heavy atom. The molecule has 6 heteroatoms. The fraction of sp³-hybridized carbons (Fsp3) is 0.769. The molecule has 0 aliphatic heterocycles. The average molecular weight is 289 g/mol. The van der Waals surface area contributed by atoms with Gasteiger partial charge in [0, 0.05) is 33.4 Å². The van der Waals surface area contributed by atoms with Crippen LogP contribution in [0.2, 0.25) is 0 Å². The molecule has 0 rings (SSSR count). The predicted octanol–water partition coefficient (Wildman–Crippen LogP) is 1.28. The minimum atomic E-state index is -3.10. The molecule has 1 N–H and O–H groups in total. The van der Waals surface area contributed by atoms with Crippen LogP contribution in [-0.2, 0) is 9.84 Å². The summed E-state index contributed by atoms with van der Waals surface area (Å²) >= 11 is 0. The summed E-state index contributed by atoms with van der Waals surface area (Å²) < 4.78 is 22.4. The largest absolute Gasteiger partial charge is 0.355 e. The van der Waals surface area contributed by atoms with E-state index in [1.54, 1.807) is 20.9 Å². The van der Waals surface area contributed by atoms with Gasteiger partial charge in [-0.2, -0.15) is 0 Å². The Hall–Kier alpha value is -1.04. The Morgan fingerprint density at radius 1 is 1.47 bits per heavy atom. The number of allylic oxidation sites excluding steroid dienone is 1. The molecule has 0 aromatic rings. The standard InChI is InChI=1S/C13H27N3O2S/c1-7-8-9-10-16(5)12(14-4)15-11-13(2,3)19(6,17)18/h7H,1,8-11H2,2-6H3,(H,14,15). The van der Waals surface area contributed by atoms with Crippen molar-refractivity contribution in [3.8, 4) is 0 Å². The van der Waals surface area contributed by atoms with Crippen LogP contribution in [0.4, 0.5) is 0 Å². The molecule has 0 spiro atoms. The van der Waals surface area contributed by atoms with E-state index in [1.807, 2.05) is 18.0 Å². The van der Waals surface area contributed by atoms with Crippen LogP contribution >= 0.6 is 0 Å². The minimum Gasteiger partial charge on any atom is -0.355 e. The van der Waals surface area contributed by atoms with Crippen molar-refractivity contribution in [3.05, 3.63) is 12.7 Å². The summed E-state index contributed by atoms with van der Waals surface area (Å²) in [5.41, 5.74) is 0. The Morgan fingerprint density at radius 3 is 2.47 bits per heavy atom. The highest BCUT2D eigenvalue weighted by molar-refractivity contribution is 7.92. The minimum absolute atomic E-state index is 0.338. The third-order valence-electron chi connectivity index (χ3n) is 3.15. The lowest BCUT2D eigenvalue weighted by molar-refractivity contribution is 0.462. The molecule has 0 saturated heterocycles. The molecule has 112 valence electrons. The third-order valence-corrected chi connectivity index (χ3v) is 5.30. The molecule has 0 radical (unpaired) electrons. The van der Waals surface area contributed by atoms with Crippen LogP contribution in [0.25, 0.3) is 0 Å². The van der Waals surface area contributed by atoms with Gasteiger partial charge in [0.25, 0.3) is 0 Å². The first-order chi connectivity index (χ1) is 8.65. The zero-order valence-corrected chi connectivity index (χ0v) is 13.5. The summed E-state index contributed by atoms with van der Waals surface area (Å²) in [6.45, 7) is 8.29. The molecule has 0 bridgehead atoms. The summed E-state index contributed by atoms with van der Waals surface area (Å²) in [6, 6.07) is 0. The lowest BCUT2D eigenvalue weighted by atomic mass is 10.2. The van der Waals surface area contributed by atoms with E-state index in [9.17, 15) is 8.42 Å². The van der Waals surface area contributed by atoms with Gasteiger partial charge in [-0.25, -0.2) is 8.42 Å². The summed E-state index contributed by atoms with van der Waals surface area (Å²) in [4.78, 5) is 6.15. The lowest BCUT2D eigenvalue weighted by Crippen LogP contribution is -2.48. The molecule has 0 aliphatic carbocycles. The fourth-order valence-corrected chi connectivity index (χ4v) is 1.72. The Labute approximate surface area is 117 Å². The zero-order chi connectivity index (χ0) is 15.1. The van der Waals surface area contributed by atoms with E-state index in [0.29, 0.717) is 12.5 Å². The van der Waals surface area contributed by atoms with Crippen molar-refractivity contribution in [3.63, 3.8) is 0 Å². The number of nitrogens with one attached hydrogen (secondary N) is 1. The molecule has 0 aliphatic rings. The van der Waals surface area contributed by atoms with Gasteiger partial charge >= 0.3 is 0 Å². The van der Waals surface area contributed by atoms with Crippen molar-refractivity contribution in [1.29, 1.82) is 0 Å². The van der Waals surface area contributed by atoms with Crippen molar-refractivity contribution in [2.45, 2.75) is 31.4 Å². The van der Waals surface area contributed by atoms with Crippen LogP contribution < -0.4 is 5.32 Å². The number of unbranched alkanes of at least 4 members (excludes halogenated alkanes) is 1. The number of guanidine groups is 1. The second-order valence-electron chi connectivity index (χ2n) is 5.29. The van der Waals surface area contributed by atoms with Crippen molar-refractivity contribution < 1.29 is 8.42 Å². The van der Waals surface area contributed by atoms with Crippen LogP contribution in [0, 0.1) is 0 Å². The molecule has 19 heavy (non-hydrogen) atoms. The van der Waals surface area contributed by atoms with Crippen molar-refractivity contribution >= 4 is 15.8 Å². The second kappa shape index (κ2) is 7.53. The van der Waals surface area contributed by atoms with Gasteiger partial charge in [0.05, 0.1) is 4.75 Å². The summed E-state index contributed by atoms with van der Waals surface area (Å²) in [7, 11) is 0.528. The molecule has 0 amide bonds. The number of rotatable bonds is 7. The van der Waals surface area contributed by atoms with E-state index in [4.69, 9.17) is 0 Å². The number of hydrogen-bond acceptors (Lipinski definition) is 3. The van der Waals surface area contributed by atoms with E-state index < -0.39 is 14.6 Å². The van der Waals surface area contributed by atoms with Gasteiger partial charge in [-0.3, -0.25) is 4.99 Å². The van der Waals surface area contributed by atoms with Crippen LogP contribution in [0.15, 0.2) is 17.6 Å². The first kappa shape index (κ1) is 18.0. The van der Waals surface area contributed by atoms with E-state index in [0.717, 1.165) is 19.4 Å². The molecule has 0 fully saturated rings. The Balaban J connectivity index is 4.48. The lowest BCUT2D eigenvalue weighted by Gasteiger charge is -2.27. The van der Waals surface area contributed by atoms with Gasteiger partial charge in [0.15, 0.2) is 15.8 Å².